The highest BCUT2D eigenvalue weighted by molar-refractivity contribution is 5.85. The van der Waals surface area contributed by atoms with Crippen molar-refractivity contribution < 1.29 is 4.79 Å². The van der Waals surface area contributed by atoms with Crippen LogP contribution in [0.1, 0.15) is 58.8 Å². The minimum absolute atomic E-state index is 0.0356. The van der Waals surface area contributed by atoms with Crippen LogP contribution < -0.4 is 5.32 Å². The topological polar surface area (TPSA) is 52.9 Å². The number of carbonyl (C=O) groups is 1. The minimum Gasteiger partial charge on any atom is -0.354 e. The first-order valence-corrected chi connectivity index (χ1v) is 6.88. The third-order valence-corrected chi connectivity index (χ3v) is 4.06. The Balaban J connectivity index is 2.52. The molecule has 1 amide bonds. The number of hydrogen-bond donors (Lipinski definition) is 1. The molecule has 0 spiro atoms. The molecule has 1 rings (SSSR count). The van der Waals surface area contributed by atoms with E-state index in [2.05, 4.69) is 25.2 Å². The molecule has 0 saturated heterocycles. The van der Waals surface area contributed by atoms with Gasteiger partial charge in [-0.25, -0.2) is 0 Å². The molecule has 17 heavy (non-hydrogen) atoms. The Hall–Kier alpha value is -1.04. The molecule has 3 nitrogen and oxygen atoms in total. The Morgan fingerprint density at radius 2 is 1.88 bits per heavy atom. The zero-order chi connectivity index (χ0) is 12.7. The average Bonchev–Trinajstić information content (AvgIpc) is 2.40. The summed E-state index contributed by atoms with van der Waals surface area (Å²) in [7, 11) is 0. The van der Waals surface area contributed by atoms with E-state index in [9.17, 15) is 10.1 Å². The number of nitrogens with one attached hydrogen (secondary N) is 1. The van der Waals surface area contributed by atoms with Crippen LogP contribution >= 0.6 is 0 Å². The fourth-order valence-corrected chi connectivity index (χ4v) is 2.53. The minimum atomic E-state index is -0.732. The smallest absolute Gasteiger partial charge is 0.240 e. The van der Waals surface area contributed by atoms with E-state index in [0.29, 0.717) is 5.92 Å². The summed E-state index contributed by atoms with van der Waals surface area (Å²) >= 11 is 0. The maximum atomic E-state index is 12.2. The lowest BCUT2D eigenvalue weighted by molar-refractivity contribution is -0.129. The summed E-state index contributed by atoms with van der Waals surface area (Å²) in [5.41, 5.74) is -0.732. The van der Waals surface area contributed by atoms with Crippen molar-refractivity contribution in [3.8, 4) is 6.07 Å². The highest BCUT2D eigenvalue weighted by atomic mass is 16.2. The van der Waals surface area contributed by atoms with Gasteiger partial charge in [0, 0.05) is 6.54 Å². The third kappa shape index (κ3) is 3.46. The predicted octanol–water partition coefficient (Wildman–Crippen LogP) is 3.01. The van der Waals surface area contributed by atoms with Gasteiger partial charge in [-0.3, -0.25) is 4.79 Å². The van der Waals surface area contributed by atoms with Crippen molar-refractivity contribution in [3.05, 3.63) is 0 Å². The van der Waals surface area contributed by atoms with E-state index >= 15 is 0 Å². The number of rotatable bonds is 5. The van der Waals surface area contributed by atoms with Crippen LogP contribution in [-0.2, 0) is 4.79 Å². The Morgan fingerprint density at radius 3 is 2.35 bits per heavy atom. The number of amides is 1. The number of nitrogens with zero attached hydrogens (tertiary/aromatic N) is 1. The molecule has 0 bridgehead atoms. The van der Waals surface area contributed by atoms with E-state index in [4.69, 9.17) is 0 Å². The summed E-state index contributed by atoms with van der Waals surface area (Å²) in [5, 5.41) is 12.3. The maximum absolute atomic E-state index is 12.2. The van der Waals surface area contributed by atoms with Gasteiger partial charge in [0.2, 0.25) is 5.91 Å². The van der Waals surface area contributed by atoms with E-state index in [1.165, 1.54) is 0 Å². The molecule has 0 atom stereocenters. The van der Waals surface area contributed by atoms with Gasteiger partial charge in [0.25, 0.3) is 0 Å². The van der Waals surface area contributed by atoms with Crippen molar-refractivity contribution in [1.82, 2.24) is 5.32 Å². The van der Waals surface area contributed by atoms with Crippen molar-refractivity contribution >= 4 is 5.91 Å². The van der Waals surface area contributed by atoms with Gasteiger partial charge in [0.05, 0.1) is 6.07 Å². The van der Waals surface area contributed by atoms with Gasteiger partial charge in [-0.2, -0.15) is 5.26 Å². The lowest BCUT2D eigenvalue weighted by atomic mass is 9.74. The molecule has 1 fully saturated rings. The van der Waals surface area contributed by atoms with Gasteiger partial charge in [0.1, 0.15) is 5.41 Å². The van der Waals surface area contributed by atoms with Crippen molar-refractivity contribution in [3.63, 3.8) is 0 Å². The molecule has 0 aromatic carbocycles. The monoisotopic (exact) mass is 236 g/mol. The second-order valence-corrected chi connectivity index (χ2v) is 5.15. The summed E-state index contributed by atoms with van der Waals surface area (Å²) in [4.78, 5) is 12.2. The maximum Gasteiger partial charge on any atom is 0.240 e. The van der Waals surface area contributed by atoms with Crippen molar-refractivity contribution in [2.45, 2.75) is 58.8 Å². The molecule has 0 aromatic rings. The van der Waals surface area contributed by atoms with Gasteiger partial charge >= 0.3 is 0 Å². The Bertz CT molecular complexity index is 283. The third-order valence-electron chi connectivity index (χ3n) is 4.06. The molecule has 1 aliphatic carbocycles. The van der Waals surface area contributed by atoms with Gasteiger partial charge in [-0.15, -0.1) is 0 Å². The lowest BCUT2D eigenvalue weighted by Crippen LogP contribution is -2.43. The molecular weight excluding hydrogens is 212 g/mol. The van der Waals surface area contributed by atoms with Gasteiger partial charge in [-0.05, 0) is 18.8 Å². The first kappa shape index (κ1) is 14.0. The van der Waals surface area contributed by atoms with Crippen LogP contribution in [0.25, 0.3) is 0 Å². The normalized spacial score (nSPS) is 18.7. The summed E-state index contributed by atoms with van der Waals surface area (Å²) in [6.07, 6.45) is 6.80. The van der Waals surface area contributed by atoms with Gasteiger partial charge in [0.15, 0.2) is 0 Å². The SMILES string of the molecule is CCC(CC)CNC(=O)C1(C#N)CCCCC1. The van der Waals surface area contributed by atoms with Crippen molar-refractivity contribution in [2.24, 2.45) is 11.3 Å². The lowest BCUT2D eigenvalue weighted by Gasteiger charge is -2.29. The van der Waals surface area contributed by atoms with E-state index in [-0.39, 0.29) is 5.91 Å². The molecule has 1 saturated carbocycles. The van der Waals surface area contributed by atoms with E-state index in [1.54, 1.807) is 0 Å². The molecule has 0 unspecified atom stereocenters. The van der Waals surface area contributed by atoms with Crippen LogP contribution in [0.15, 0.2) is 0 Å². The highest BCUT2D eigenvalue weighted by Crippen LogP contribution is 2.35. The second kappa shape index (κ2) is 6.64. The van der Waals surface area contributed by atoms with Crippen LogP contribution in [0.2, 0.25) is 0 Å². The number of hydrogen-bond acceptors (Lipinski definition) is 2. The Morgan fingerprint density at radius 1 is 1.29 bits per heavy atom. The summed E-state index contributed by atoms with van der Waals surface area (Å²) in [6.45, 7) is 5.00. The molecule has 0 aliphatic heterocycles. The second-order valence-electron chi connectivity index (χ2n) is 5.15. The standard InChI is InChI=1S/C14H24N2O/c1-3-12(4-2)10-16-13(17)14(11-15)8-6-5-7-9-14/h12H,3-10H2,1-2H3,(H,16,17). The fourth-order valence-electron chi connectivity index (χ4n) is 2.53. The Labute approximate surface area is 105 Å². The molecule has 3 heteroatoms. The molecule has 0 radical (unpaired) electrons. The Kier molecular flexibility index (Phi) is 5.47. The van der Waals surface area contributed by atoms with Crippen molar-refractivity contribution in [1.29, 1.82) is 5.26 Å². The van der Waals surface area contributed by atoms with Crippen LogP contribution in [0.3, 0.4) is 0 Å². The zero-order valence-electron chi connectivity index (χ0n) is 11.1. The molecule has 96 valence electrons. The summed E-state index contributed by atoms with van der Waals surface area (Å²) in [6, 6.07) is 2.26. The van der Waals surface area contributed by atoms with Crippen LogP contribution in [0.5, 0.6) is 0 Å². The average molecular weight is 236 g/mol. The van der Waals surface area contributed by atoms with E-state index < -0.39 is 5.41 Å². The molecule has 0 heterocycles. The molecule has 0 aromatic heterocycles. The first-order chi connectivity index (χ1) is 8.18. The highest BCUT2D eigenvalue weighted by Gasteiger charge is 2.39. The largest absolute Gasteiger partial charge is 0.354 e. The predicted molar refractivity (Wildman–Crippen MR) is 68.2 cm³/mol. The summed E-state index contributed by atoms with van der Waals surface area (Å²) in [5.74, 6) is 0.505. The first-order valence-electron chi connectivity index (χ1n) is 6.88. The fraction of sp³-hybridized carbons (Fsp3) is 0.857. The van der Waals surface area contributed by atoms with E-state index in [1.807, 2.05) is 0 Å². The van der Waals surface area contributed by atoms with Crippen LogP contribution in [-0.4, -0.2) is 12.5 Å². The molecule has 1 N–H and O–H groups in total. The number of nitriles is 1. The van der Waals surface area contributed by atoms with E-state index in [0.717, 1.165) is 51.5 Å². The van der Waals surface area contributed by atoms with Gasteiger partial charge in [-0.1, -0.05) is 46.0 Å². The summed E-state index contributed by atoms with van der Waals surface area (Å²) < 4.78 is 0. The molecule has 1 aliphatic rings. The van der Waals surface area contributed by atoms with Crippen LogP contribution in [0, 0.1) is 22.7 Å². The molecular formula is C14H24N2O. The van der Waals surface area contributed by atoms with Crippen LogP contribution in [0.4, 0.5) is 0 Å². The quantitative estimate of drug-likeness (QED) is 0.797. The number of carbonyl (C=O) groups excluding carboxylic acids is 1. The van der Waals surface area contributed by atoms with Gasteiger partial charge < -0.3 is 5.32 Å². The van der Waals surface area contributed by atoms with Crippen molar-refractivity contribution in [2.75, 3.05) is 6.54 Å². The zero-order valence-corrected chi connectivity index (χ0v) is 11.1.